The molecule has 178 valence electrons. The Balaban J connectivity index is 1.36. The van der Waals surface area contributed by atoms with Crippen molar-refractivity contribution in [1.82, 2.24) is 20.4 Å². The van der Waals surface area contributed by atoms with Crippen LogP contribution in [0, 0.1) is 18.6 Å². The van der Waals surface area contributed by atoms with Gasteiger partial charge in [-0.15, -0.1) is 0 Å². The minimum atomic E-state index is -0.341. The molecular weight excluding hydrogens is 452 g/mol. The third kappa shape index (κ3) is 4.89. The number of hydrogen-bond acceptors (Lipinski definition) is 6. The lowest BCUT2D eigenvalue weighted by Gasteiger charge is -2.33. The smallest absolute Gasteiger partial charge is 0.256 e. The van der Waals surface area contributed by atoms with Crippen LogP contribution in [0.3, 0.4) is 0 Å². The van der Waals surface area contributed by atoms with Gasteiger partial charge in [0.05, 0.1) is 23.8 Å². The summed E-state index contributed by atoms with van der Waals surface area (Å²) in [4.78, 5) is 24.1. The SMILES string of the molecule is Cc1oncc1C(=O)NC1CCN(c2cnc(-c3ccc(F)cc3)c(-c3ccc(F)cc3)n2)CC1. The molecule has 0 saturated carbocycles. The molecule has 0 spiro atoms. The molecule has 0 bridgehead atoms. The average Bonchev–Trinajstić information content (AvgIpc) is 3.31. The number of nitrogens with one attached hydrogen (secondary N) is 1. The second-order valence-electron chi connectivity index (χ2n) is 8.47. The fourth-order valence-corrected chi connectivity index (χ4v) is 4.19. The number of rotatable bonds is 5. The van der Waals surface area contributed by atoms with Crippen molar-refractivity contribution in [3.63, 3.8) is 0 Å². The molecule has 3 heterocycles. The van der Waals surface area contributed by atoms with E-state index in [1.165, 1.54) is 30.5 Å². The summed E-state index contributed by atoms with van der Waals surface area (Å²) in [6.45, 7) is 3.07. The predicted octanol–water partition coefficient (Wildman–Crippen LogP) is 4.78. The molecule has 5 rings (SSSR count). The lowest BCUT2D eigenvalue weighted by atomic mass is 10.0. The molecular formula is C26H23F2N5O2. The summed E-state index contributed by atoms with van der Waals surface area (Å²) in [5.74, 6) is 0.311. The van der Waals surface area contributed by atoms with Crippen molar-refractivity contribution in [2.45, 2.75) is 25.8 Å². The van der Waals surface area contributed by atoms with E-state index in [0.29, 0.717) is 47.2 Å². The maximum Gasteiger partial charge on any atom is 0.256 e. The van der Waals surface area contributed by atoms with E-state index in [0.717, 1.165) is 18.4 Å². The number of hydrogen-bond donors (Lipinski definition) is 1. The molecule has 2 aromatic heterocycles. The molecule has 1 aliphatic heterocycles. The Bertz CT molecular complexity index is 1330. The van der Waals surface area contributed by atoms with Gasteiger partial charge in [-0.05, 0) is 68.3 Å². The molecule has 1 N–H and O–H groups in total. The molecule has 0 aliphatic carbocycles. The third-order valence-corrected chi connectivity index (χ3v) is 6.14. The van der Waals surface area contributed by atoms with Crippen LogP contribution in [0.15, 0.2) is 65.4 Å². The Labute approximate surface area is 200 Å². The first-order chi connectivity index (χ1) is 17.0. The van der Waals surface area contributed by atoms with Crippen molar-refractivity contribution in [3.05, 3.63) is 83.9 Å². The topological polar surface area (TPSA) is 84.2 Å². The molecule has 0 radical (unpaired) electrons. The zero-order chi connectivity index (χ0) is 24.4. The number of carbonyl (C=O) groups excluding carboxylic acids is 1. The molecule has 1 aliphatic rings. The summed E-state index contributed by atoms with van der Waals surface area (Å²) in [5, 5.41) is 6.70. The summed E-state index contributed by atoms with van der Waals surface area (Å²) in [7, 11) is 0. The van der Waals surface area contributed by atoms with E-state index in [2.05, 4.69) is 20.4 Å². The first-order valence-corrected chi connectivity index (χ1v) is 11.3. The summed E-state index contributed by atoms with van der Waals surface area (Å²) in [6, 6.07) is 12.1. The Morgan fingerprint density at radius 1 is 0.943 bits per heavy atom. The largest absolute Gasteiger partial charge is 0.361 e. The number of anilines is 1. The van der Waals surface area contributed by atoms with Crippen molar-refractivity contribution in [2.75, 3.05) is 18.0 Å². The van der Waals surface area contributed by atoms with Crippen LogP contribution in [0.1, 0.15) is 29.0 Å². The van der Waals surface area contributed by atoms with Crippen LogP contribution in [0.4, 0.5) is 14.6 Å². The van der Waals surface area contributed by atoms with Gasteiger partial charge in [0.15, 0.2) is 0 Å². The Morgan fingerprint density at radius 2 is 1.54 bits per heavy atom. The number of aromatic nitrogens is 3. The number of amides is 1. The lowest BCUT2D eigenvalue weighted by molar-refractivity contribution is 0.0929. The fraction of sp³-hybridized carbons (Fsp3) is 0.231. The molecule has 1 fully saturated rings. The average molecular weight is 475 g/mol. The van der Waals surface area contributed by atoms with E-state index >= 15 is 0 Å². The van der Waals surface area contributed by atoms with Crippen LogP contribution in [-0.2, 0) is 0 Å². The van der Waals surface area contributed by atoms with E-state index in [9.17, 15) is 13.6 Å². The van der Waals surface area contributed by atoms with Gasteiger partial charge in [-0.25, -0.2) is 13.8 Å². The summed E-state index contributed by atoms with van der Waals surface area (Å²) >= 11 is 0. The number of halogens is 2. The highest BCUT2D eigenvalue weighted by molar-refractivity contribution is 5.94. The van der Waals surface area contributed by atoms with Gasteiger partial charge in [0.25, 0.3) is 5.91 Å². The van der Waals surface area contributed by atoms with Gasteiger partial charge in [0, 0.05) is 30.3 Å². The second kappa shape index (κ2) is 9.61. The van der Waals surface area contributed by atoms with Crippen LogP contribution < -0.4 is 10.2 Å². The number of piperidine rings is 1. The van der Waals surface area contributed by atoms with E-state index in [4.69, 9.17) is 9.51 Å². The highest BCUT2D eigenvalue weighted by Gasteiger charge is 2.24. The van der Waals surface area contributed by atoms with Crippen LogP contribution in [0.25, 0.3) is 22.5 Å². The number of benzene rings is 2. The van der Waals surface area contributed by atoms with E-state index < -0.39 is 0 Å². The highest BCUT2D eigenvalue weighted by Crippen LogP contribution is 2.31. The predicted molar refractivity (Wildman–Crippen MR) is 127 cm³/mol. The molecule has 4 aromatic rings. The summed E-state index contributed by atoms with van der Waals surface area (Å²) in [5.41, 5.74) is 3.05. The monoisotopic (exact) mass is 475 g/mol. The molecule has 35 heavy (non-hydrogen) atoms. The third-order valence-electron chi connectivity index (χ3n) is 6.14. The molecule has 2 aromatic carbocycles. The van der Waals surface area contributed by atoms with Crippen LogP contribution in [-0.4, -0.2) is 40.2 Å². The number of aryl methyl sites for hydroxylation is 1. The molecule has 1 amide bonds. The number of nitrogens with zero attached hydrogens (tertiary/aromatic N) is 4. The Hall–Kier alpha value is -4.14. The minimum absolute atomic E-state index is 0.0241. The first-order valence-electron chi connectivity index (χ1n) is 11.3. The lowest BCUT2D eigenvalue weighted by Crippen LogP contribution is -2.45. The van der Waals surface area contributed by atoms with Crippen LogP contribution >= 0.6 is 0 Å². The van der Waals surface area contributed by atoms with Gasteiger partial charge in [0.2, 0.25) is 0 Å². The highest BCUT2D eigenvalue weighted by atomic mass is 19.1. The van der Waals surface area contributed by atoms with Gasteiger partial charge in [-0.3, -0.25) is 9.78 Å². The van der Waals surface area contributed by atoms with Crippen molar-refractivity contribution in [2.24, 2.45) is 0 Å². The van der Waals surface area contributed by atoms with E-state index in [1.54, 1.807) is 37.4 Å². The van der Waals surface area contributed by atoms with E-state index in [-0.39, 0.29) is 23.6 Å². The van der Waals surface area contributed by atoms with Gasteiger partial charge >= 0.3 is 0 Å². The van der Waals surface area contributed by atoms with Gasteiger partial charge in [0.1, 0.15) is 28.8 Å². The minimum Gasteiger partial charge on any atom is -0.361 e. The molecule has 7 nitrogen and oxygen atoms in total. The zero-order valence-corrected chi connectivity index (χ0v) is 19.0. The van der Waals surface area contributed by atoms with E-state index in [1.807, 2.05) is 0 Å². The fourth-order valence-electron chi connectivity index (χ4n) is 4.19. The number of carbonyl (C=O) groups is 1. The van der Waals surface area contributed by atoms with Crippen molar-refractivity contribution < 1.29 is 18.1 Å². The molecule has 1 saturated heterocycles. The second-order valence-corrected chi connectivity index (χ2v) is 8.47. The summed E-state index contributed by atoms with van der Waals surface area (Å²) in [6.07, 6.45) is 4.60. The normalized spacial score (nSPS) is 14.2. The molecule has 0 unspecified atom stereocenters. The molecule has 0 atom stereocenters. The molecule has 9 heteroatoms. The maximum atomic E-state index is 13.6. The van der Waals surface area contributed by atoms with Gasteiger partial charge < -0.3 is 14.7 Å². The Morgan fingerprint density at radius 3 is 2.11 bits per heavy atom. The quantitative estimate of drug-likeness (QED) is 0.447. The van der Waals surface area contributed by atoms with Gasteiger partial charge in [-0.2, -0.15) is 0 Å². The van der Waals surface area contributed by atoms with Crippen LogP contribution in [0.2, 0.25) is 0 Å². The zero-order valence-electron chi connectivity index (χ0n) is 19.0. The Kier molecular flexibility index (Phi) is 6.22. The standard InChI is InChI=1S/C26H23F2N5O2/c1-16-22(14-30-35-16)26(34)31-21-10-12-33(13-11-21)23-15-29-24(17-2-6-19(27)7-3-17)25(32-23)18-4-8-20(28)9-5-18/h2-9,14-15,21H,10-13H2,1H3,(H,31,34). The van der Waals surface area contributed by atoms with Crippen molar-refractivity contribution in [1.29, 1.82) is 0 Å². The summed E-state index contributed by atoms with van der Waals surface area (Å²) < 4.78 is 32.0. The first kappa shape index (κ1) is 22.6. The van der Waals surface area contributed by atoms with Gasteiger partial charge in [-0.1, -0.05) is 5.16 Å². The van der Waals surface area contributed by atoms with Crippen molar-refractivity contribution in [3.8, 4) is 22.5 Å². The maximum absolute atomic E-state index is 13.6. The van der Waals surface area contributed by atoms with Crippen LogP contribution in [0.5, 0.6) is 0 Å². The van der Waals surface area contributed by atoms with Crippen molar-refractivity contribution >= 4 is 11.7 Å².